The summed E-state index contributed by atoms with van der Waals surface area (Å²) in [5.74, 6) is -0.756. The number of aliphatic hydroxyl groups excluding tert-OH is 1. The van der Waals surface area contributed by atoms with Crippen LogP contribution in [0.2, 0.25) is 0 Å². The van der Waals surface area contributed by atoms with Gasteiger partial charge in [0.15, 0.2) is 4.67 Å². The molecule has 0 aliphatic heterocycles. The highest BCUT2D eigenvalue weighted by atomic mass is 79.9. The van der Waals surface area contributed by atoms with Crippen molar-refractivity contribution in [2.45, 2.75) is 19.4 Å². The molecule has 0 amide bonds. The fraction of sp³-hybridized carbons (Fsp3) is 0.375. The van der Waals surface area contributed by atoms with Gasteiger partial charge in [0.25, 0.3) is 0 Å². The van der Waals surface area contributed by atoms with Crippen molar-refractivity contribution in [3.63, 3.8) is 0 Å². The topological polar surface area (TPSA) is 70.7 Å². The summed E-state index contributed by atoms with van der Waals surface area (Å²) in [6, 6.07) is 1.68. The average molecular weight is 249 g/mol. The minimum atomic E-state index is -1.08. The van der Waals surface area contributed by atoms with Crippen molar-refractivity contribution >= 4 is 21.9 Å². The number of rotatable bonds is 3. The molecular formula is C8H9BrO4. The largest absolute Gasteiger partial charge is 0.481 e. The second-order valence-corrected chi connectivity index (χ2v) is 3.49. The maximum atomic E-state index is 10.3. The molecule has 2 N–H and O–H groups in total. The first kappa shape index (κ1) is 10.3. The van der Waals surface area contributed by atoms with Crippen molar-refractivity contribution in [2.75, 3.05) is 0 Å². The number of aliphatic carboxylic acids is 1. The van der Waals surface area contributed by atoms with Gasteiger partial charge in [0.2, 0.25) is 0 Å². The van der Waals surface area contributed by atoms with Crippen molar-refractivity contribution in [3.05, 3.63) is 22.1 Å². The zero-order chi connectivity index (χ0) is 10.0. The van der Waals surface area contributed by atoms with E-state index < -0.39 is 12.1 Å². The summed E-state index contributed by atoms with van der Waals surface area (Å²) in [5.41, 5.74) is 0.737. The van der Waals surface area contributed by atoms with Gasteiger partial charge in [0.1, 0.15) is 11.9 Å². The highest BCUT2D eigenvalue weighted by Crippen LogP contribution is 2.26. The Hall–Kier alpha value is -0.810. The molecule has 0 radical (unpaired) electrons. The zero-order valence-electron chi connectivity index (χ0n) is 6.95. The summed E-state index contributed by atoms with van der Waals surface area (Å²) >= 11 is 3.09. The first-order chi connectivity index (χ1) is 6.00. The molecule has 1 aromatic rings. The lowest BCUT2D eigenvalue weighted by Gasteiger charge is -2.04. The third-order valence-electron chi connectivity index (χ3n) is 1.60. The van der Waals surface area contributed by atoms with E-state index in [0.29, 0.717) is 10.4 Å². The van der Waals surface area contributed by atoms with Gasteiger partial charge < -0.3 is 14.6 Å². The summed E-state index contributed by atoms with van der Waals surface area (Å²) in [4.78, 5) is 10.3. The number of carboxylic acid groups (broad SMARTS) is 1. The number of carbonyl (C=O) groups is 1. The van der Waals surface area contributed by atoms with Crippen LogP contribution in [0.3, 0.4) is 0 Å². The Kier molecular flexibility index (Phi) is 3.11. The molecule has 1 heterocycles. The van der Waals surface area contributed by atoms with E-state index in [1.165, 1.54) is 0 Å². The van der Waals surface area contributed by atoms with Crippen LogP contribution < -0.4 is 0 Å². The Labute approximate surface area is 83.3 Å². The maximum Gasteiger partial charge on any atom is 0.306 e. The lowest BCUT2D eigenvalue weighted by Crippen LogP contribution is -2.05. The minimum absolute atomic E-state index is 0.300. The Morgan fingerprint density at radius 2 is 2.38 bits per heavy atom. The van der Waals surface area contributed by atoms with E-state index >= 15 is 0 Å². The van der Waals surface area contributed by atoms with E-state index in [1.807, 2.05) is 0 Å². The molecule has 0 saturated carbocycles. The Bertz CT molecular complexity index is 318. The lowest BCUT2D eigenvalue weighted by molar-refractivity contribution is -0.139. The molecule has 4 nitrogen and oxygen atoms in total. The molecule has 0 fully saturated rings. The molecule has 0 spiro atoms. The van der Waals surface area contributed by atoms with E-state index in [1.54, 1.807) is 13.0 Å². The van der Waals surface area contributed by atoms with Crippen LogP contribution in [0, 0.1) is 6.92 Å². The van der Waals surface area contributed by atoms with Crippen LogP contribution in [0.25, 0.3) is 0 Å². The van der Waals surface area contributed by atoms with E-state index in [0.717, 1.165) is 5.56 Å². The van der Waals surface area contributed by atoms with Gasteiger partial charge in [-0.3, -0.25) is 4.79 Å². The van der Waals surface area contributed by atoms with Crippen molar-refractivity contribution in [2.24, 2.45) is 0 Å². The maximum absolute atomic E-state index is 10.3. The van der Waals surface area contributed by atoms with Crippen LogP contribution in [0.4, 0.5) is 0 Å². The molecule has 0 unspecified atom stereocenters. The standard InChI is InChI=1S/C8H9BrO4/c1-4-2-6(9)13-8(4)5(10)3-7(11)12/h2,5,10H,3H2,1H3,(H,11,12)/t5-/m1/s1. The smallest absolute Gasteiger partial charge is 0.306 e. The van der Waals surface area contributed by atoms with Crippen LogP contribution in [-0.2, 0) is 4.79 Å². The Morgan fingerprint density at radius 3 is 2.77 bits per heavy atom. The average Bonchev–Trinajstić information content (AvgIpc) is 2.28. The molecule has 13 heavy (non-hydrogen) atoms. The molecule has 1 aromatic heterocycles. The third kappa shape index (κ3) is 2.57. The van der Waals surface area contributed by atoms with Gasteiger partial charge in [-0.2, -0.15) is 0 Å². The highest BCUT2D eigenvalue weighted by Gasteiger charge is 2.18. The Morgan fingerprint density at radius 1 is 1.77 bits per heavy atom. The number of aryl methyl sites for hydroxylation is 1. The van der Waals surface area contributed by atoms with Gasteiger partial charge in [-0.25, -0.2) is 0 Å². The predicted octanol–water partition coefficient (Wildman–Crippen LogP) is 1.86. The van der Waals surface area contributed by atoms with Crippen molar-refractivity contribution < 1.29 is 19.4 Å². The molecule has 5 heteroatoms. The van der Waals surface area contributed by atoms with Crippen LogP contribution in [0.1, 0.15) is 23.8 Å². The number of aliphatic hydroxyl groups is 1. The minimum Gasteiger partial charge on any atom is -0.481 e. The SMILES string of the molecule is Cc1cc(Br)oc1[C@H](O)CC(=O)O. The van der Waals surface area contributed by atoms with Crippen molar-refractivity contribution in [1.82, 2.24) is 0 Å². The lowest BCUT2D eigenvalue weighted by atomic mass is 10.1. The Balaban J connectivity index is 2.81. The van der Waals surface area contributed by atoms with Gasteiger partial charge >= 0.3 is 5.97 Å². The molecule has 0 aromatic carbocycles. The van der Waals surface area contributed by atoms with E-state index in [2.05, 4.69) is 15.9 Å². The molecule has 0 aliphatic rings. The van der Waals surface area contributed by atoms with Crippen LogP contribution in [0.15, 0.2) is 15.2 Å². The summed E-state index contributed by atoms with van der Waals surface area (Å²) in [6.07, 6.45) is -1.43. The normalized spacial score (nSPS) is 12.8. The van der Waals surface area contributed by atoms with Crippen molar-refractivity contribution in [3.8, 4) is 0 Å². The van der Waals surface area contributed by atoms with Gasteiger partial charge in [-0.15, -0.1) is 0 Å². The molecular weight excluding hydrogens is 240 g/mol. The number of hydrogen-bond acceptors (Lipinski definition) is 3. The summed E-state index contributed by atoms with van der Waals surface area (Å²) < 4.78 is 5.57. The number of furan rings is 1. The summed E-state index contributed by atoms with van der Waals surface area (Å²) in [6.45, 7) is 1.74. The number of hydrogen-bond donors (Lipinski definition) is 2. The van der Waals surface area contributed by atoms with Crippen LogP contribution >= 0.6 is 15.9 Å². The summed E-state index contributed by atoms with van der Waals surface area (Å²) in [7, 11) is 0. The quantitative estimate of drug-likeness (QED) is 0.857. The highest BCUT2D eigenvalue weighted by molar-refractivity contribution is 9.10. The molecule has 72 valence electrons. The van der Waals surface area contributed by atoms with E-state index in [9.17, 15) is 9.90 Å². The molecule has 0 aliphatic carbocycles. The molecule has 1 atom stereocenters. The van der Waals surface area contributed by atoms with Crippen LogP contribution in [0.5, 0.6) is 0 Å². The zero-order valence-corrected chi connectivity index (χ0v) is 8.54. The molecule has 0 saturated heterocycles. The van der Waals surface area contributed by atoms with Gasteiger partial charge in [-0.05, 0) is 34.5 Å². The first-order valence-corrected chi connectivity index (χ1v) is 4.45. The van der Waals surface area contributed by atoms with E-state index in [-0.39, 0.29) is 6.42 Å². The fourth-order valence-corrected chi connectivity index (χ4v) is 1.56. The third-order valence-corrected chi connectivity index (χ3v) is 1.99. The molecule has 0 bridgehead atoms. The predicted molar refractivity (Wildman–Crippen MR) is 48.4 cm³/mol. The van der Waals surface area contributed by atoms with E-state index in [4.69, 9.17) is 9.52 Å². The van der Waals surface area contributed by atoms with Crippen LogP contribution in [-0.4, -0.2) is 16.2 Å². The monoisotopic (exact) mass is 248 g/mol. The number of carboxylic acids is 1. The van der Waals surface area contributed by atoms with Crippen molar-refractivity contribution in [1.29, 1.82) is 0 Å². The summed E-state index contributed by atoms with van der Waals surface area (Å²) in [5, 5.41) is 17.8. The fourth-order valence-electron chi connectivity index (χ4n) is 1.05. The second kappa shape index (κ2) is 3.93. The number of halogens is 1. The van der Waals surface area contributed by atoms with Gasteiger partial charge in [0.05, 0.1) is 6.42 Å². The molecule has 1 rings (SSSR count). The van der Waals surface area contributed by atoms with Gasteiger partial charge in [0, 0.05) is 0 Å². The second-order valence-electron chi connectivity index (χ2n) is 2.71. The first-order valence-electron chi connectivity index (χ1n) is 3.66. The van der Waals surface area contributed by atoms with Gasteiger partial charge in [-0.1, -0.05) is 0 Å².